The van der Waals surface area contributed by atoms with Gasteiger partial charge in [-0.25, -0.2) is 14.4 Å². The first kappa shape index (κ1) is 26.5. The number of amides is 1. The maximum atomic E-state index is 12.6. The monoisotopic (exact) mass is 457 g/mol. The predicted molar refractivity (Wildman–Crippen MR) is 117 cm³/mol. The highest BCUT2D eigenvalue weighted by Crippen LogP contribution is 2.45. The van der Waals surface area contributed by atoms with Crippen LogP contribution in [0.4, 0.5) is 5.00 Å². The molecule has 0 bridgehead atoms. The average molecular weight is 458 g/mol. The van der Waals surface area contributed by atoms with Crippen molar-refractivity contribution in [1.29, 1.82) is 0 Å². The summed E-state index contributed by atoms with van der Waals surface area (Å²) in [5, 5.41) is 21.9. The van der Waals surface area contributed by atoms with Crippen LogP contribution in [0.1, 0.15) is 55.4 Å². The van der Waals surface area contributed by atoms with Crippen molar-refractivity contribution in [3.05, 3.63) is 16.0 Å². The molecular weight excluding hydrogens is 426 g/mol. The highest BCUT2D eigenvalue weighted by molar-refractivity contribution is 7.17. The number of aliphatic carboxylic acids is 2. The number of carboxylic acids is 2. The maximum Gasteiger partial charge on any atom is 0.414 e. The van der Waals surface area contributed by atoms with Gasteiger partial charge in [0.1, 0.15) is 5.00 Å². The topological polar surface area (TPSA) is 145 Å². The minimum Gasteiger partial charge on any atom is -0.473 e. The maximum absolute atomic E-state index is 12.6. The Morgan fingerprint density at radius 2 is 1.68 bits per heavy atom. The molecule has 0 fully saturated rings. The number of hydrogen-bond acceptors (Lipinski definition) is 8. The van der Waals surface area contributed by atoms with E-state index in [1.165, 1.54) is 11.3 Å². The number of fused-ring (bicyclic) bond motifs is 1. The summed E-state index contributed by atoms with van der Waals surface area (Å²) >= 11 is 1.47. The summed E-state index contributed by atoms with van der Waals surface area (Å²) in [7, 11) is 3.67. The lowest BCUT2D eigenvalue weighted by atomic mass is 9.81. The molecule has 1 amide bonds. The van der Waals surface area contributed by atoms with E-state index in [2.05, 4.69) is 38.3 Å². The van der Waals surface area contributed by atoms with Gasteiger partial charge in [0.05, 0.1) is 18.7 Å². The van der Waals surface area contributed by atoms with Crippen LogP contribution in [0.3, 0.4) is 0 Å². The summed E-state index contributed by atoms with van der Waals surface area (Å²) in [5.41, 5.74) is 1.06. The number of ether oxygens (including phenoxy) is 1. The zero-order chi connectivity index (χ0) is 24.1. The molecule has 0 saturated heterocycles. The van der Waals surface area contributed by atoms with Crippen LogP contribution in [0.5, 0.6) is 0 Å². The first-order chi connectivity index (χ1) is 14.1. The Labute approximate surface area is 185 Å². The molecule has 4 N–H and O–H groups in total. The van der Waals surface area contributed by atoms with Crippen molar-refractivity contribution in [3.63, 3.8) is 0 Å². The Kier molecular flexibility index (Phi) is 8.74. The predicted octanol–water partition coefficient (Wildman–Crippen LogP) is 1.74. The number of likely N-dealkylation sites (N-methyl/N-ethyl adjacent to an activating group) is 1. The van der Waals surface area contributed by atoms with Crippen LogP contribution in [-0.4, -0.2) is 71.7 Å². The van der Waals surface area contributed by atoms with E-state index in [1.54, 1.807) is 11.8 Å². The first-order valence-corrected chi connectivity index (χ1v) is 10.5. The van der Waals surface area contributed by atoms with Crippen molar-refractivity contribution in [3.8, 4) is 0 Å². The summed E-state index contributed by atoms with van der Waals surface area (Å²) in [4.78, 5) is 45.9. The van der Waals surface area contributed by atoms with Gasteiger partial charge in [0, 0.05) is 16.0 Å². The van der Waals surface area contributed by atoms with E-state index in [9.17, 15) is 9.59 Å². The fourth-order valence-corrected chi connectivity index (χ4v) is 4.77. The Hall–Kier alpha value is -2.50. The third-order valence-electron chi connectivity index (χ3n) is 4.22. The summed E-state index contributed by atoms with van der Waals surface area (Å²) in [5.74, 6) is -4.15. The molecule has 1 aliphatic heterocycles. The Balaban J connectivity index is 0.000000703. The van der Waals surface area contributed by atoms with E-state index in [4.69, 9.17) is 24.5 Å². The van der Waals surface area contributed by atoms with Gasteiger partial charge in [-0.3, -0.25) is 4.79 Å². The molecule has 1 aliphatic rings. The molecule has 10 nitrogen and oxygen atoms in total. The zero-order valence-corrected chi connectivity index (χ0v) is 19.7. The average Bonchev–Trinajstić information content (AvgIpc) is 2.91. The van der Waals surface area contributed by atoms with Crippen LogP contribution in [0.2, 0.25) is 0 Å². The van der Waals surface area contributed by atoms with Crippen LogP contribution < -0.4 is 10.6 Å². The molecule has 1 aromatic rings. The Morgan fingerprint density at radius 3 is 2.13 bits per heavy atom. The number of nitrogens with one attached hydrogen (secondary N) is 2. The number of carbonyl (C=O) groups is 4. The highest BCUT2D eigenvalue weighted by Gasteiger charge is 2.42. The first-order valence-electron chi connectivity index (χ1n) is 9.64. The molecule has 0 radical (unpaired) electrons. The molecule has 2 heterocycles. The third-order valence-corrected chi connectivity index (χ3v) is 5.69. The Morgan fingerprint density at radius 1 is 1.13 bits per heavy atom. The van der Waals surface area contributed by atoms with E-state index in [1.807, 2.05) is 14.1 Å². The van der Waals surface area contributed by atoms with E-state index >= 15 is 0 Å². The van der Waals surface area contributed by atoms with Gasteiger partial charge < -0.3 is 30.5 Å². The van der Waals surface area contributed by atoms with Gasteiger partial charge in [-0.05, 0) is 60.7 Å². The minimum atomic E-state index is -1.82. The number of carboxylic acid groups (broad SMARTS) is 2. The highest BCUT2D eigenvalue weighted by atomic mass is 32.1. The van der Waals surface area contributed by atoms with Crippen molar-refractivity contribution in [2.45, 2.75) is 52.1 Å². The molecule has 2 rings (SSSR count). The van der Waals surface area contributed by atoms with Crippen LogP contribution in [0.25, 0.3) is 0 Å². The molecule has 0 aliphatic carbocycles. The second-order valence-corrected chi connectivity index (χ2v) is 9.56. The normalized spacial score (nSPS) is 15.9. The van der Waals surface area contributed by atoms with Crippen molar-refractivity contribution >= 4 is 40.2 Å². The largest absolute Gasteiger partial charge is 0.473 e. The van der Waals surface area contributed by atoms with Gasteiger partial charge in [-0.15, -0.1) is 11.3 Å². The summed E-state index contributed by atoms with van der Waals surface area (Å²) in [6, 6.07) is 0. The van der Waals surface area contributed by atoms with E-state index in [0.29, 0.717) is 23.6 Å². The van der Waals surface area contributed by atoms with Crippen LogP contribution in [0, 0.1) is 0 Å². The number of carbonyl (C=O) groups excluding carboxylic acids is 2. The van der Waals surface area contributed by atoms with E-state index in [0.717, 1.165) is 10.4 Å². The molecule has 0 saturated carbocycles. The molecule has 0 atom stereocenters. The van der Waals surface area contributed by atoms with Gasteiger partial charge in [-0.1, -0.05) is 0 Å². The number of rotatable bonds is 5. The van der Waals surface area contributed by atoms with Crippen LogP contribution >= 0.6 is 11.3 Å². The lowest BCUT2D eigenvalue weighted by Gasteiger charge is -2.42. The number of nitrogens with zero attached hydrogens (tertiary/aromatic N) is 1. The van der Waals surface area contributed by atoms with Crippen molar-refractivity contribution in [1.82, 2.24) is 10.2 Å². The summed E-state index contributed by atoms with van der Waals surface area (Å²) in [6.45, 7) is 10.8. The SMILES string of the molecule is CCOC(=O)c1c(NC(=O)CN(C)C)sc2c1CC(C)(C)NC2(C)C.O=C(O)C(=O)O. The standard InChI is InChI=1S/C18H29N3O3S.C2H2O4/c1-8-24-16(23)13-11-9-17(2,3)20-18(4,5)14(11)25-15(13)19-12(22)10-21(6)7;3-1(4)2(5)6/h20H,8-10H2,1-7H3,(H,19,22);(H,3,4)(H,5,6). The Bertz CT molecular complexity index is 847. The van der Waals surface area contributed by atoms with Gasteiger partial charge in [0.2, 0.25) is 5.91 Å². The molecule has 0 unspecified atom stereocenters. The van der Waals surface area contributed by atoms with Gasteiger partial charge >= 0.3 is 17.9 Å². The van der Waals surface area contributed by atoms with Gasteiger partial charge in [-0.2, -0.15) is 0 Å². The van der Waals surface area contributed by atoms with Crippen molar-refractivity contribution < 1.29 is 34.1 Å². The molecular formula is C20H31N3O7S. The lowest BCUT2D eigenvalue weighted by Crippen LogP contribution is -2.55. The van der Waals surface area contributed by atoms with Gasteiger partial charge in [0.25, 0.3) is 0 Å². The van der Waals surface area contributed by atoms with Crippen LogP contribution in [-0.2, 0) is 31.1 Å². The third kappa shape index (κ3) is 7.30. The molecule has 11 heteroatoms. The summed E-state index contributed by atoms with van der Waals surface area (Å²) < 4.78 is 5.28. The van der Waals surface area contributed by atoms with Crippen molar-refractivity contribution in [2.75, 3.05) is 32.6 Å². The zero-order valence-electron chi connectivity index (χ0n) is 18.9. The number of anilines is 1. The number of thiophene rings is 1. The molecule has 1 aromatic heterocycles. The second-order valence-electron chi connectivity index (χ2n) is 8.54. The lowest BCUT2D eigenvalue weighted by molar-refractivity contribution is -0.159. The van der Waals surface area contributed by atoms with Gasteiger partial charge in [0.15, 0.2) is 0 Å². The fourth-order valence-electron chi connectivity index (χ4n) is 3.49. The smallest absolute Gasteiger partial charge is 0.414 e. The van der Waals surface area contributed by atoms with E-state index < -0.39 is 11.9 Å². The number of esters is 1. The molecule has 31 heavy (non-hydrogen) atoms. The van der Waals surface area contributed by atoms with Crippen LogP contribution in [0.15, 0.2) is 0 Å². The van der Waals surface area contributed by atoms with Crippen molar-refractivity contribution in [2.24, 2.45) is 0 Å². The summed E-state index contributed by atoms with van der Waals surface area (Å²) in [6.07, 6.45) is 0.708. The fraction of sp³-hybridized carbons (Fsp3) is 0.600. The minimum absolute atomic E-state index is 0.140. The van der Waals surface area contributed by atoms with E-state index in [-0.39, 0.29) is 29.5 Å². The number of hydrogen-bond donors (Lipinski definition) is 4. The molecule has 0 spiro atoms. The molecule has 0 aromatic carbocycles. The second kappa shape index (κ2) is 10.2. The molecule has 174 valence electrons. The quantitative estimate of drug-likeness (QED) is 0.384.